The first-order valence-corrected chi connectivity index (χ1v) is 8.69. The fraction of sp³-hybridized carbons (Fsp3) is 0.471. The van der Waals surface area contributed by atoms with Gasteiger partial charge in [-0.3, -0.25) is 4.79 Å². The maximum absolute atomic E-state index is 13.1. The monoisotopic (exact) mass is 356 g/mol. The standard InChI is InChI=1S/C17H20N6O3/c1-25-9-7-15-18-16(26-21-15)14-4-2-3-8-23(14)17(24)11-5-6-12-13(10-11)20-22-19-12/h5-6,10,14H,2-4,7-9H2,1H3,(H,19,20,22)/t14-/m1/s1. The van der Waals surface area contributed by atoms with Crippen LogP contribution in [0, 0.1) is 0 Å². The van der Waals surface area contributed by atoms with E-state index in [1.165, 1.54) is 0 Å². The van der Waals surface area contributed by atoms with Crippen molar-refractivity contribution in [1.82, 2.24) is 30.5 Å². The first-order chi connectivity index (χ1) is 12.8. The highest BCUT2D eigenvalue weighted by Crippen LogP contribution is 2.31. The third-order valence-corrected chi connectivity index (χ3v) is 4.63. The van der Waals surface area contributed by atoms with Gasteiger partial charge in [0.15, 0.2) is 5.82 Å². The van der Waals surface area contributed by atoms with Gasteiger partial charge in [-0.15, -0.1) is 0 Å². The predicted molar refractivity (Wildman–Crippen MR) is 91.4 cm³/mol. The molecule has 136 valence electrons. The largest absolute Gasteiger partial charge is 0.384 e. The molecule has 3 aromatic rings. The smallest absolute Gasteiger partial charge is 0.254 e. The van der Waals surface area contributed by atoms with E-state index in [1.54, 1.807) is 25.3 Å². The number of fused-ring (bicyclic) bond motifs is 1. The Bertz CT molecular complexity index is 905. The minimum absolute atomic E-state index is 0.0590. The van der Waals surface area contributed by atoms with Crippen LogP contribution in [-0.2, 0) is 11.2 Å². The minimum atomic E-state index is -0.201. The third-order valence-electron chi connectivity index (χ3n) is 4.63. The number of piperidine rings is 1. The van der Waals surface area contributed by atoms with Crippen molar-refractivity contribution in [2.75, 3.05) is 20.3 Å². The van der Waals surface area contributed by atoms with E-state index in [9.17, 15) is 4.79 Å². The SMILES string of the molecule is COCCc1noc([C@H]2CCCCN2C(=O)c2ccc3n[nH]nc3c2)n1. The number of benzene rings is 1. The zero-order valence-corrected chi connectivity index (χ0v) is 14.5. The molecule has 1 N–H and O–H groups in total. The third kappa shape index (κ3) is 3.17. The minimum Gasteiger partial charge on any atom is -0.384 e. The summed E-state index contributed by atoms with van der Waals surface area (Å²) in [6.07, 6.45) is 3.37. The first kappa shape index (κ1) is 16.6. The highest BCUT2D eigenvalue weighted by Gasteiger charge is 2.32. The van der Waals surface area contributed by atoms with Crippen molar-refractivity contribution in [3.05, 3.63) is 35.5 Å². The zero-order valence-electron chi connectivity index (χ0n) is 14.5. The molecule has 2 aromatic heterocycles. The Morgan fingerprint density at radius 3 is 3.12 bits per heavy atom. The number of amides is 1. The fourth-order valence-electron chi connectivity index (χ4n) is 3.27. The molecule has 3 heterocycles. The number of H-pyrrole nitrogens is 1. The average molecular weight is 356 g/mol. The van der Waals surface area contributed by atoms with Gasteiger partial charge in [-0.1, -0.05) is 5.16 Å². The molecule has 1 aliphatic rings. The van der Waals surface area contributed by atoms with Crippen molar-refractivity contribution in [3.8, 4) is 0 Å². The van der Waals surface area contributed by atoms with E-state index in [0.29, 0.717) is 42.4 Å². The number of carbonyl (C=O) groups is 1. The molecule has 9 heteroatoms. The molecule has 1 saturated heterocycles. The van der Waals surface area contributed by atoms with Crippen LogP contribution in [0.2, 0.25) is 0 Å². The van der Waals surface area contributed by atoms with Gasteiger partial charge < -0.3 is 14.2 Å². The molecule has 4 rings (SSSR count). The van der Waals surface area contributed by atoms with Crippen molar-refractivity contribution in [2.24, 2.45) is 0 Å². The predicted octanol–water partition coefficient (Wildman–Crippen LogP) is 1.90. The van der Waals surface area contributed by atoms with E-state index in [1.807, 2.05) is 4.90 Å². The number of nitrogens with zero attached hydrogens (tertiary/aromatic N) is 5. The Kier molecular flexibility index (Phi) is 4.61. The van der Waals surface area contributed by atoms with Gasteiger partial charge in [0.2, 0.25) is 5.89 Å². The van der Waals surface area contributed by atoms with Gasteiger partial charge >= 0.3 is 0 Å². The number of hydrogen-bond acceptors (Lipinski definition) is 7. The quantitative estimate of drug-likeness (QED) is 0.743. The molecule has 0 radical (unpaired) electrons. The van der Waals surface area contributed by atoms with Crippen molar-refractivity contribution in [1.29, 1.82) is 0 Å². The Labute approximate surface area is 149 Å². The van der Waals surface area contributed by atoms with Gasteiger partial charge in [-0.05, 0) is 37.5 Å². The maximum atomic E-state index is 13.1. The highest BCUT2D eigenvalue weighted by molar-refractivity contribution is 5.97. The Hall–Kier alpha value is -2.81. The van der Waals surface area contributed by atoms with Crippen LogP contribution in [0.1, 0.15) is 47.4 Å². The number of ether oxygens (including phenoxy) is 1. The second-order valence-corrected chi connectivity index (χ2v) is 6.33. The van der Waals surface area contributed by atoms with Crippen LogP contribution in [-0.4, -0.2) is 56.6 Å². The molecule has 0 aliphatic carbocycles. The molecule has 1 aliphatic heterocycles. The average Bonchev–Trinajstić information content (AvgIpc) is 3.34. The molecular formula is C17H20N6O3. The molecule has 0 saturated carbocycles. The Balaban J connectivity index is 1.58. The molecule has 0 bridgehead atoms. The van der Waals surface area contributed by atoms with Crippen molar-refractivity contribution in [2.45, 2.75) is 31.7 Å². The zero-order chi connectivity index (χ0) is 17.9. The summed E-state index contributed by atoms with van der Waals surface area (Å²) in [6, 6.07) is 5.12. The number of aromatic amines is 1. The van der Waals surface area contributed by atoms with E-state index in [4.69, 9.17) is 9.26 Å². The van der Waals surface area contributed by atoms with Crippen LogP contribution < -0.4 is 0 Å². The molecule has 9 nitrogen and oxygen atoms in total. The van der Waals surface area contributed by atoms with Crippen LogP contribution in [0.25, 0.3) is 11.0 Å². The lowest BCUT2D eigenvalue weighted by atomic mass is 10.0. The van der Waals surface area contributed by atoms with Gasteiger partial charge in [0.25, 0.3) is 5.91 Å². The molecule has 1 amide bonds. The molecule has 26 heavy (non-hydrogen) atoms. The van der Waals surface area contributed by atoms with E-state index in [0.717, 1.165) is 24.8 Å². The lowest BCUT2D eigenvalue weighted by Crippen LogP contribution is -2.38. The van der Waals surface area contributed by atoms with E-state index in [-0.39, 0.29) is 11.9 Å². The van der Waals surface area contributed by atoms with Crippen molar-refractivity contribution < 1.29 is 14.1 Å². The van der Waals surface area contributed by atoms with Crippen molar-refractivity contribution >= 4 is 16.9 Å². The van der Waals surface area contributed by atoms with E-state index >= 15 is 0 Å². The molecule has 1 aromatic carbocycles. The second-order valence-electron chi connectivity index (χ2n) is 6.33. The van der Waals surface area contributed by atoms with Gasteiger partial charge in [0, 0.05) is 25.6 Å². The summed E-state index contributed by atoms with van der Waals surface area (Å²) in [5.74, 6) is 1.03. The van der Waals surface area contributed by atoms with Crippen LogP contribution in [0.3, 0.4) is 0 Å². The highest BCUT2D eigenvalue weighted by atomic mass is 16.5. The summed E-state index contributed by atoms with van der Waals surface area (Å²) in [5, 5.41) is 14.6. The van der Waals surface area contributed by atoms with Crippen molar-refractivity contribution in [3.63, 3.8) is 0 Å². The number of nitrogens with one attached hydrogen (secondary N) is 1. The first-order valence-electron chi connectivity index (χ1n) is 8.69. The Morgan fingerprint density at radius 1 is 1.35 bits per heavy atom. The Morgan fingerprint density at radius 2 is 2.23 bits per heavy atom. The lowest BCUT2D eigenvalue weighted by molar-refractivity contribution is 0.0561. The normalized spacial score (nSPS) is 17.7. The number of carbonyl (C=O) groups excluding carboxylic acids is 1. The second kappa shape index (κ2) is 7.20. The topological polar surface area (TPSA) is 110 Å². The van der Waals surface area contributed by atoms with Gasteiger partial charge in [-0.2, -0.15) is 20.4 Å². The lowest BCUT2D eigenvalue weighted by Gasteiger charge is -2.33. The summed E-state index contributed by atoms with van der Waals surface area (Å²) in [7, 11) is 1.63. The summed E-state index contributed by atoms with van der Waals surface area (Å²) >= 11 is 0. The van der Waals surface area contributed by atoms with Crippen LogP contribution >= 0.6 is 0 Å². The fourth-order valence-corrected chi connectivity index (χ4v) is 3.27. The van der Waals surface area contributed by atoms with E-state index < -0.39 is 0 Å². The van der Waals surface area contributed by atoms with Crippen LogP contribution in [0.4, 0.5) is 0 Å². The van der Waals surface area contributed by atoms with E-state index in [2.05, 4.69) is 25.6 Å². The number of likely N-dealkylation sites (tertiary alicyclic amines) is 1. The number of rotatable bonds is 5. The maximum Gasteiger partial charge on any atom is 0.254 e. The number of aromatic nitrogens is 5. The van der Waals surface area contributed by atoms with Gasteiger partial charge in [0.05, 0.1) is 6.61 Å². The van der Waals surface area contributed by atoms with Gasteiger partial charge in [0.1, 0.15) is 17.1 Å². The summed E-state index contributed by atoms with van der Waals surface area (Å²) in [4.78, 5) is 19.4. The van der Waals surface area contributed by atoms with Crippen LogP contribution in [0.15, 0.2) is 22.7 Å². The molecule has 1 atom stereocenters. The number of hydrogen-bond donors (Lipinski definition) is 1. The summed E-state index contributed by atoms with van der Waals surface area (Å²) < 4.78 is 10.5. The molecule has 0 spiro atoms. The molecule has 0 unspecified atom stereocenters. The summed E-state index contributed by atoms with van der Waals surface area (Å²) in [6.45, 7) is 1.19. The summed E-state index contributed by atoms with van der Waals surface area (Å²) in [5.41, 5.74) is 1.98. The number of methoxy groups -OCH3 is 1. The van der Waals surface area contributed by atoms with Crippen LogP contribution in [0.5, 0.6) is 0 Å². The molecular weight excluding hydrogens is 336 g/mol. The van der Waals surface area contributed by atoms with Gasteiger partial charge in [-0.25, -0.2) is 0 Å². The molecule has 1 fully saturated rings.